The Balaban J connectivity index is 2.42. The number of hydrogen-bond donors (Lipinski definition) is 1. The second kappa shape index (κ2) is 7.73. The van der Waals surface area contributed by atoms with Gasteiger partial charge in [0.1, 0.15) is 5.82 Å². The SMILES string of the molecule is CCCNC(c1ccc(CC)s1)c1ccc(Br)c(Cl)c1F. The van der Waals surface area contributed by atoms with Crippen LogP contribution in [-0.4, -0.2) is 6.54 Å². The van der Waals surface area contributed by atoms with Crippen molar-refractivity contribution in [2.45, 2.75) is 32.7 Å². The van der Waals surface area contributed by atoms with Crippen molar-refractivity contribution in [2.24, 2.45) is 0 Å². The normalized spacial score (nSPS) is 12.6. The van der Waals surface area contributed by atoms with Crippen LogP contribution in [0.25, 0.3) is 0 Å². The Morgan fingerprint density at radius 2 is 2.05 bits per heavy atom. The Morgan fingerprint density at radius 3 is 2.67 bits per heavy atom. The molecule has 1 atom stereocenters. The zero-order valence-electron chi connectivity index (χ0n) is 12.1. The van der Waals surface area contributed by atoms with Crippen LogP contribution in [0, 0.1) is 5.82 Å². The van der Waals surface area contributed by atoms with E-state index in [4.69, 9.17) is 11.6 Å². The van der Waals surface area contributed by atoms with Crippen LogP contribution in [0.2, 0.25) is 5.02 Å². The average Bonchev–Trinajstić information content (AvgIpc) is 2.96. The summed E-state index contributed by atoms with van der Waals surface area (Å²) in [5.41, 5.74) is 0.598. The third-order valence-electron chi connectivity index (χ3n) is 3.29. The van der Waals surface area contributed by atoms with Crippen molar-refractivity contribution in [3.63, 3.8) is 0 Å². The zero-order valence-corrected chi connectivity index (χ0v) is 15.2. The van der Waals surface area contributed by atoms with E-state index in [1.807, 2.05) is 0 Å². The van der Waals surface area contributed by atoms with Crippen LogP contribution >= 0.6 is 38.9 Å². The summed E-state index contributed by atoms with van der Waals surface area (Å²) in [6.07, 6.45) is 1.99. The van der Waals surface area contributed by atoms with Crippen LogP contribution in [0.1, 0.15) is 41.6 Å². The highest BCUT2D eigenvalue weighted by Gasteiger charge is 2.21. The maximum absolute atomic E-state index is 14.5. The molecule has 1 unspecified atom stereocenters. The molecule has 2 rings (SSSR count). The Kier molecular flexibility index (Phi) is 6.23. The van der Waals surface area contributed by atoms with E-state index in [0.29, 0.717) is 10.0 Å². The maximum Gasteiger partial charge on any atom is 0.148 e. The van der Waals surface area contributed by atoms with Crippen molar-refractivity contribution < 1.29 is 4.39 Å². The zero-order chi connectivity index (χ0) is 15.4. The first kappa shape index (κ1) is 16.9. The molecule has 0 aliphatic rings. The van der Waals surface area contributed by atoms with E-state index in [-0.39, 0.29) is 16.9 Å². The summed E-state index contributed by atoms with van der Waals surface area (Å²) in [6.45, 7) is 5.05. The largest absolute Gasteiger partial charge is 0.306 e. The van der Waals surface area contributed by atoms with E-state index in [0.717, 1.165) is 24.3 Å². The van der Waals surface area contributed by atoms with Gasteiger partial charge in [-0.1, -0.05) is 31.5 Å². The number of aryl methyl sites for hydroxylation is 1. The fraction of sp³-hybridized carbons (Fsp3) is 0.375. The molecule has 1 aromatic heterocycles. The van der Waals surface area contributed by atoms with E-state index in [9.17, 15) is 4.39 Å². The lowest BCUT2D eigenvalue weighted by Crippen LogP contribution is -2.23. The van der Waals surface area contributed by atoms with Gasteiger partial charge in [-0.3, -0.25) is 0 Å². The van der Waals surface area contributed by atoms with Gasteiger partial charge < -0.3 is 5.32 Å². The smallest absolute Gasteiger partial charge is 0.148 e. The van der Waals surface area contributed by atoms with E-state index in [1.54, 1.807) is 23.5 Å². The van der Waals surface area contributed by atoms with Gasteiger partial charge in [-0.25, -0.2) is 4.39 Å². The fourth-order valence-electron chi connectivity index (χ4n) is 2.16. The van der Waals surface area contributed by atoms with Crippen molar-refractivity contribution in [3.05, 3.63) is 54.9 Å². The van der Waals surface area contributed by atoms with E-state index in [2.05, 4.69) is 47.2 Å². The van der Waals surface area contributed by atoms with Crippen molar-refractivity contribution in [1.82, 2.24) is 5.32 Å². The molecule has 5 heteroatoms. The predicted octanol–water partition coefficient (Wildman–Crippen LogP) is 5.95. The first-order valence-corrected chi connectivity index (χ1v) is 9.02. The van der Waals surface area contributed by atoms with Gasteiger partial charge in [0.05, 0.1) is 11.1 Å². The number of thiophene rings is 1. The Hall–Kier alpha value is -0.420. The first-order valence-electron chi connectivity index (χ1n) is 7.03. The van der Waals surface area contributed by atoms with Crippen molar-refractivity contribution >= 4 is 38.9 Å². The van der Waals surface area contributed by atoms with Gasteiger partial charge in [0.2, 0.25) is 0 Å². The summed E-state index contributed by atoms with van der Waals surface area (Å²) in [5, 5.41) is 3.57. The standard InChI is InChI=1S/C16H18BrClFNS/c1-3-9-20-16(13-8-5-10(4-2)21-13)11-6-7-12(17)14(18)15(11)19/h5-8,16,20H,3-4,9H2,1-2H3. The van der Waals surface area contributed by atoms with E-state index < -0.39 is 0 Å². The molecule has 114 valence electrons. The Morgan fingerprint density at radius 1 is 1.29 bits per heavy atom. The van der Waals surface area contributed by atoms with E-state index in [1.165, 1.54) is 4.88 Å². The third-order valence-corrected chi connectivity index (χ3v) is 5.84. The molecule has 1 N–H and O–H groups in total. The molecule has 21 heavy (non-hydrogen) atoms. The fourth-order valence-corrected chi connectivity index (χ4v) is 3.68. The minimum absolute atomic E-state index is 0.142. The van der Waals surface area contributed by atoms with Gasteiger partial charge in [0, 0.05) is 19.8 Å². The topological polar surface area (TPSA) is 12.0 Å². The molecule has 0 fully saturated rings. The molecule has 0 saturated carbocycles. The number of rotatable bonds is 6. The van der Waals surface area contributed by atoms with Crippen molar-refractivity contribution in [3.8, 4) is 0 Å². The summed E-state index contributed by atoms with van der Waals surface area (Å²) in [7, 11) is 0. The summed E-state index contributed by atoms with van der Waals surface area (Å²) < 4.78 is 15.1. The van der Waals surface area contributed by atoms with Crippen LogP contribution in [0.15, 0.2) is 28.7 Å². The monoisotopic (exact) mass is 389 g/mol. The molecule has 1 nitrogen and oxygen atoms in total. The second-order valence-electron chi connectivity index (χ2n) is 4.81. The molecule has 0 bridgehead atoms. The molecular formula is C16H18BrClFNS. The molecular weight excluding hydrogens is 373 g/mol. The Labute approximate surface area is 142 Å². The molecule has 1 heterocycles. The second-order valence-corrected chi connectivity index (χ2v) is 7.24. The van der Waals surface area contributed by atoms with Gasteiger partial charge in [-0.05, 0) is 53.5 Å². The average molecular weight is 391 g/mol. The van der Waals surface area contributed by atoms with Crippen molar-refractivity contribution in [2.75, 3.05) is 6.54 Å². The van der Waals surface area contributed by atoms with Gasteiger partial charge in [-0.2, -0.15) is 0 Å². The minimum atomic E-state index is -0.355. The quantitative estimate of drug-likeness (QED) is 0.600. The molecule has 0 spiro atoms. The number of nitrogens with one attached hydrogen (secondary N) is 1. The van der Waals surface area contributed by atoms with E-state index >= 15 is 0 Å². The van der Waals surface area contributed by atoms with Gasteiger partial charge in [0.25, 0.3) is 0 Å². The predicted molar refractivity (Wildman–Crippen MR) is 92.9 cm³/mol. The van der Waals surface area contributed by atoms with Gasteiger partial charge >= 0.3 is 0 Å². The summed E-state index contributed by atoms with van der Waals surface area (Å²) in [4.78, 5) is 2.43. The molecule has 1 aromatic carbocycles. The molecule has 0 aliphatic carbocycles. The summed E-state index contributed by atoms with van der Waals surface area (Å²) >= 11 is 11.0. The summed E-state index contributed by atoms with van der Waals surface area (Å²) in [5.74, 6) is -0.355. The maximum atomic E-state index is 14.5. The highest BCUT2D eigenvalue weighted by atomic mass is 79.9. The Bertz CT molecular complexity index is 614. The third kappa shape index (κ3) is 3.86. The van der Waals surface area contributed by atoms with Crippen molar-refractivity contribution in [1.29, 1.82) is 0 Å². The number of hydrogen-bond acceptors (Lipinski definition) is 2. The van der Waals surface area contributed by atoms with Crippen LogP contribution in [-0.2, 0) is 6.42 Å². The number of benzene rings is 1. The van der Waals surface area contributed by atoms with Crippen LogP contribution in [0.3, 0.4) is 0 Å². The van der Waals surface area contributed by atoms with Crippen LogP contribution in [0.4, 0.5) is 4.39 Å². The lowest BCUT2D eigenvalue weighted by Gasteiger charge is -2.19. The van der Waals surface area contributed by atoms with Gasteiger partial charge in [-0.15, -0.1) is 11.3 Å². The molecule has 0 radical (unpaired) electrons. The first-order chi connectivity index (χ1) is 10.1. The minimum Gasteiger partial charge on any atom is -0.306 e. The molecule has 0 aliphatic heterocycles. The highest BCUT2D eigenvalue weighted by Crippen LogP contribution is 2.35. The lowest BCUT2D eigenvalue weighted by atomic mass is 10.0. The molecule has 2 aromatic rings. The number of halogens is 3. The van der Waals surface area contributed by atoms with Gasteiger partial charge in [0.15, 0.2) is 0 Å². The summed E-state index contributed by atoms with van der Waals surface area (Å²) in [6, 6.07) is 7.63. The highest BCUT2D eigenvalue weighted by molar-refractivity contribution is 9.10. The van der Waals surface area contributed by atoms with Crippen LogP contribution < -0.4 is 5.32 Å². The lowest BCUT2D eigenvalue weighted by molar-refractivity contribution is 0.551. The molecule has 0 saturated heterocycles. The molecule has 0 amide bonds. The van der Waals surface area contributed by atoms with Crippen LogP contribution in [0.5, 0.6) is 0 Å².